The molecule has 0 atom stereocenters. The predicted octanol–water partition coefficient (Wildman–Crippen LogP) is 1.92. The normalized spacial score (nSPS) is 9.30. The Hall–Kier alpha value is -1.31. The average molecular weight is 134 g/mol. The van der Waals surface area contributed by atoms with E-state index in [0.717, 1.165) is 16.8 Å². The van der Waals surface area contributed by atoms with Crippen molar-refractivity contribution in [3.05, 3.63) is 36.7 Å². The molecule has 0 radical (unpaired) electrons. The number of aryl methyl sites for hydroxylation is 1. The fraction of sp³-hybridized carbons (Fsp3) is 0.125. The van der Waals surface area contributed by atoms with Crippen LogP contribution >= 0.6 is 0 Å². The number of nitrogens with one attached hydrogen (secondary N) is 1. The summed E-state index contributed by atoms with van der Waals surface area (Å²) in [6.07, 6.45) is 3.48. The van der Waals surface area contributed by atoms with Gasteiger partial charge in [0.05, 0.1) is 11.9 Å². The van der Waals surface area contributed by atoms with E-state index in [1.807, 2.05) is 6.92 Å². The minimum Gasteiger partial charge on any atom is -0.278 e. The highest BCUT2D eigenvalue weighted by molar-refractivity contribution is 5.70. The van der Waals surface area contributed by atoms with Crippen LogP contribution in [0.2, 0.25) is 0 Å². The summed E-state index contributed by atoms with van der Waals surface area (Å²) in [7, 11) is 0. The molecule has 0 saturated heterocycles. The summed E-state index contributed by atoms with van der Waals surface area (Å²) < 4.78 is 0. The molecule has 0 fully saturated rings. The van der Waals surface area contributed by atoms with Crippen LogP contribution in [-0.4, -0.2) is 10.2 Å². The van der Waals surface area contributed by atoms with Gasteiger partial charge < -0.3 is 0 Å². The van der Waals surface area contributed by atoms with E-state index >= 15 is 0 Å². The first-order valence-electron chi connectivity index (χ1n) is 3.07. The first-order valence-corrected chi connectivity index (χ1v) is 3.07. The highest BCUT2D eigenvalue weighted by Gasteiger charge is 1.99. The summed E-state index contributed by atoms with van der Waals surface area (Å²) in [5, 5.41) is 6.69. The van der Waals surface area contributed by atoms with Gasteiger partial charge in [0.15, 0.2) is 0 Å². The van der Waals surface area contributed by atoms with Crippen molar-refractivity contribution >= 4 is 5.57 Å². The molecule has 0 aliphatic carbocycles. The lowest BCUT2D eigenvalue weighted by Crippen LogP contribution is -1.81. The van der Waals surface area contributed by atoms with Crippen molar-refractivity contribution in [1.29, 1.82) is 0 Å². The quantitative estimate of drug-likeness (QED) is 0.615. The van der Waals surface area contributed by atoms with Crippen molar-refractivity contribution < 1.29 is 0 Å². The van der Waals surface area contributed by atoms with Crippen LogP contribution in [0.5, 0.6) is 0 Å². The molecular formula is C8H10N2. The highest BCUT2D eigenvalue weighted by atomic mass is 15.1. The van der Waals surface area contributed by atoms with Crippen LogP contribution in [0.25, 0.3) is 5.57 Å². The van der Waals surface area contributed by atoms with Gasteiger partial charge in [-0.1, -0.05) is 19.2 Å². The fourth-order valence-corrected chi connectivity index (χ4v) is 0.773. The molecule has 0 spiro atoms. The van der Waals surface area contributed by atoms with Crippen molar-refractivity contribution in [2.45, 2.75) is 6.92 Å². The molecule has 52 valence electrons. The van der Waals surface area contributed by atoms with Crippen molar-refractivity contribution in [2.75, 3.05) is 0 Å². The second-order valence-corrected chi connectivity index (χ2v) is 2.16. The van der Waals surface area contributed by atoms with Crippen molar-refractivity contribution in [1.82, 2.24) is 10.2 Å². The standard InChI is InChI=1S/C8H10N2/c1-4-6(2)8-7(3)5-9-10-8/h4-5H,1-2H2,3H3,(H,9,10). The molecule has 0 saturated carbocycles. The minimum atomic E-state index is 0.884. The summed E-state index contributed by atoms with van der Waals surface area (Å²) in [6, 6.07) is 0. The molecule has 0 bridgehead atoms. The zero-order valence-electron chi connectivity index (χ0n) is 6.02. The van der Waals surface area contributed by atoms with E-state index in [9.17, 15) is 0 Å². The van der Waals surface area contributed by atoms with E-state index in [2.05, 4.69) is 23.4 Å². The number of aromatic amines is 1. The van der Waals surface area contributed by atoms with Crippen LogP contribution in [0.4, 0.5) is 0 Å². The summed E-state index contributed by atoms with van der Waals surface area (Å²) in [6.45, 7) is 9.38. The number of H-pyrrole nitrogens is 1. The lowest BCUT2D eigenvalue weighted by atomic mass is 10.1. The summed E-state index contributed by atoms with van der Waals surface area (Å²) in [5.41, 5.74) is 2.95. The van der Waals surface area contributed by atoms with E-state index < -0.39 is 0 Å². The van der Waals surface area contributed by atoms with Crippen LogP contribution in [0.3, 0.4) is 0 Å². The van der Waals surface area contributed by atoms with Crippen LogP contribution < -0.4 is 0 Å². The Bertz CT molecular complexity index is 258. The zero-order chi connectivity index (χ0) is 7.56. The van der Waals surface area contributed by atoms with E-state index in [0.29, 0.717) is 0 Å². The molecule has 1 rings (SSSR count). The predicted molar refractivity (Wildman–Crippen MR) is 42.6 cm³/mol. The smallest absolute Gasteiger partial charge is 0.0673 e. The Labute approximate surface area is 60.3 Å². The second kappa shape index (κ2) is 2.52. The third-order valence-corrected chi connectivity index (χ3v) is 1.40. The maximum atomic E-state index is 3.86. The summed E-state index contributed by atoms with van der Waals surface area (Å²) >= 11 is 0. The molecule has 2 heteroatoms. The first kappa shape index (κ1) is 6.81. The van der Waals surface area contributed by atoms with Crippen LogP contribution in [0.1, 0.15) is 11.3 Å². The molecule has 10 heavy (non-hydrogen) atoms. The number of hydrogen-bond acceptors (Lipinski definition) is 1. The van der Waals surface area contributed by atoms with E-state index in [1.165, 1.54) is 0 Å². The molecule has 1 aromatic heterocycles. The molecule has 0 aromatic carbocycles. The minimum absolute atomic E-state index is 0.884. The maximum absolute atomic E-state index is 3.86. The molecule has 0 aliphatic heterocycles. The monoisotopic (exact) mass is 134 g/mol. The van der Waals surface area contributed by atoms with Crippen molar-refractivity contribution in [2.24, 2.45) is 0 Å². The highest BCUT2D eigenvalue weighted by Crippen LogP contribution is 2.13. The molecule has 0 aliphatic rings. The Morgan fingerprint density at radius 3 is 2.90 bits per heavy atom. The third kappa shape index (κ3) is 1.00. The number of aromatic nitrogens is 2. The first-order chi connectivity index (χ1) is 4.75. The largest absolute Gasteiger partial charge is 0.278 e. The summed E-state index contributed by atoms with van der Waals surface area (Å²) in [5.74, 6) is 0. The van der Waals surface area contributed by atoms with Crippen molar-refractivity contribution in [3.63, 3.8) is 0 Å². The Morgan fingerprint density at radius 2 is 2.50 bits per heavy atom. The van der Waals surface area contributed by atoms with Gasteiger partial charge in [-0.25, -0.2) is 0 Å². The molecular weight excluding hydrogens is 124 g/mol. The SMILES string of the molecule is C=CC(=C)c1[nH]ncc1C. The summed E-state index contributed by atoms with van der Waals surface area (Å²) in [4.78, 5) is 0. The third-order valence-electron chi connectivity index (χ3n) is 1.40. The van der Waals surface area contributed by atoms with Gasteiger partial charge >= 0.3 is 0 Å². The van der Waals surface area contributed by atoms with Gasteiger partial charge in [0.2, 0.25) is 0 Å². The maximum Gasteiger partial charge on any atom is 0.0673 e. The van der Waals surface area contributed by atoms with Crippen LogP contribution in [0, 0.1) is 6.92 Å². The number of allylic oxidation sites excluding steroid dienone is 2. The van der Waals surface area contributed by atoms with Gasteiger partial charge in [0.1, 0.15) is 0 Å². The lowest BCUT2D eigenvalue weighted by molar-refractivity contribution is 1.08. The van der Waals surface area contributed by atoms with Gasteiger partial charge in [0, 0.05) is 0 Å². The number of rotatable bonds is 2. The number of hydrogen-bond donors (Lipinski definition) is 1. The molecule has 2 nitrogen and oxygen atoms in total. The van der Waals surface area contributed by atoms with Gasteiger partial charge in [-0.2, -0.15) is 5.10 Å². The topological polar surface area (TPSA) is 28.7 Å². The molecule has 0 unspecified atom stereocenters. The van der Waals surface area contributed by atoms with Crippen molar-refractivity contribution in [3.8, 4) is 0 Å². The Balaban J connectivity index is 3.04. The molecule has 1 N–H and O–H groups in total. The second-order valence-electron chi connectivity index (χ2n) is 2.16. The van der Waals surface area contributed by atoms with Crippen LogP contribution in [-0.2, 0) is 0 Å². The average Bonchev–Trinajstić information content (AvgIpc) is 2.34. The van der Waals surface area contributed by atoms with Gasteiger partial charge in [-0.15, -0.1) is 0 Å². The Kier molecular flexibility index (Phi) is 1.71. The van der Waals surface area contributed by atoms with E-state index in [-0.39, 0.29) is 0 Å². The molecule has 0 amide bonds. The fourth-order valence-electron chi connectivity index (χ4n) is 0.773. The van der Waals surface area contributed by atoms with E-state index in [4.69, 9.17) is 0 Å². The van der Waals surface area contributed by atoms with Gasteiger partial charge in [0.25, 0.3) is 0 Å². The lowest BCUT2D eigenvalue weighted by Gasteiger charge is -1.94. The van der Waals surface area contributed by atoms with Gasteiger partial charge in [-0.3, -0.25) is 5.10 Å². The zero-order valence-corrected chi connectivity index (χ0v) is 6.02. The van der Waals surface area contributed by atoms with Gasteiger partial charge in [-0.05, 0) is 18.1 Å². The number of nitrogens with zero attached hydrogens (tertiary/aromatic N) is 1. The molecule has 1 heterocycles. The van der Waals surface area contributed by atoms with Crippen LogP contribution in [0.15, 0.2) is 25.4 Å². The molecule has 1 aromatic rings. The van der Waals surface area contributed by atoms with E-state index in [1.54, 1.807) is 12.3 Å². The Morgan fingerprint density at radius 1 is 1.80 bits per heavy atom.